The number of benzene rings is 1. The van der Waals surface area contributed by atoms with Crippen molar-refractivity contribution in [1.82, 2.24) is 9.97 Å². The van der Waals surface area contributed by atoms with Gasteiger partial charge in [0.25, 0.3) is 0 Å². The third-order valence-corrected chi connectivity index (χ3v) is 6.55. The number of nitrogens with one attached hydrogen (secondary N) is 1. The topological polar surface area (TPSA) is 113 Å². The van der Waals surface area contributed by atoms with Gasteiger partial charge in [-0.25, -0.2) is 14.8 Å². The molecule has 0 unspecified atom stereocenters. The lowest BCUT2D eigenvalue weighted by Gasteiger charge is -2.12. The van der Waals surface area contributed by atoms with E-state index in [1.54, 1.807) is 43.6 Å². The SMILES string of the molecule is CCOC(=O)CCCOc1ccc(OC(=O)Nc2ncc(SCc3ncc(C(C)(C)C)o3)s2)cc1. The van der Waals surface area contributed by atoms with E-state index in [0.29, 0.717) is 54.3 Å². The first-order chi connectivity index (χ1) is 16.7. The van der Waals surface area contributed by atoms with Crippen molar-refractivity contribution < 1.29 is 28.2 Å². The van der Waals surface area contributed by atoms with Crippen molar-refractivity contribution in [2.75, 3.05) is 18.5 Å². The highest BCUT2D eigenvalue weighted by atomic mass is 32.2. The fraction of sp³-hybridized carbons (Fsp3) is 0.417. The third-order valence-electron chi connectivity index (χ3n) is 4.46. The summed E-state index contributed by atoms with van der Waals surface area (Å²) in [6, 6.07) is 6.65. The van der Waals surface area contributed by atoms with Gasteiger partial charge < -0.3 is 18.6 Å². The Bertz CT molecular complexity index is 1110. The van der Waals surface area contributed by atoms with Gasteiger partial charge in [-0.1, -0.05) is 32.1 Å². The molecule has 188 valence electrons. The molecule has 3 rings (SSSR count). The summed E-state index contributed by atoms with van der Waals surface area (Å²) in [5, 5.41) is 3.06. The van der Waals surface area contributed by atoms with Crippen LogP contribution in [-0.4, -0.2) is 35.2 Å². The fourth-order valence-corrected chi connectivity index (χ4v) is 4.42. The molecule has 0 atom stereocenters. The van der Waals surface area contributed by atoms with Crippen molar-refractivity contribution in [2.45, 2.75) is 55.9 Å². The molecule has 0 bridgehead atoms. The Morgan fingerprint density at radius 2 is 1.86 bits per heavy atom. The highest BCUT2D eigenvalue weighted by molar-refractivity contribution is 8.00. The number of oxazole rings is 1. The van der Waals surface area contributed by atoms with Gasteiger partial charge in [-0.15, -0.1) is 11.8 Å². The predicted molar refractivity (Wildman–Crippen MR) is 134 cm³/mol. The van der Waals surface area contributed by atoms with Crippen LogP contribution in [0.5, 0.6) is 11.5 Å². The number of hydrogen-bond acceptors (Lipinski definition) is 10. The Hall–Kier alpha value is -3.05. The van der Waals surface area contributed by atoms with Crippen LogP contribution in [0.4, 0.5) is 9.93 Å². The Morgan fingerprint density at radius 1 is 1.11 bits per heavy atom. The molecule has 0 radical (unpaired) electrons. The molecule has 1 amide bonds. The Morgan fingerprint density at radius 3 is 2.54 bits per heavy atom. The number of rotatable bonds is 11. The molecule has 11 heteroatoms. The van der Waals surface area contributed by atoms with Crippen LogP contribution in [0.1, 0.15) is 52.2 Å². The molecular formula is C24H29N3O6S2. The average Bonchev–Trinajstić information content (AvgIpc) is 3.46. The third kappa shape index (κ3) is 8.91. The second kappa shape index (κ2) is 12.6. The van der Waals surface area contributed by atoms with Crippen LogP contribution in [0.2, 0.25) is 0 Å². The number of ether oxygens (including phenoxy) is 3. The summed E-state index contributed by atoms with van der Waals surface area (Å²) in [5.41, 5.74) is -0.0867. The van der Waals surface area contributed by atoms with Gasteiger partial charge in [0.15, 0.2) is 5.13 Å². The van der Waals surface area contributed by atoms with Crippen molar-refractivity contribution in [3.05, 3.63) is 48.3 Å². The maximum Gasteiger partial charge on any atom is 0.418 e. The molecule has 0 spiro atoms. The van der Waals surface area contributed by atoms with Gasteiger partial charge in [0, 0.05) is 11.8 Å². The second-order valence-electron chi connectivity index (χ2n) is 8.38. The summed E-state index contributed by atoms with van der Waals surface area (Å²) in [6.07, 6.45) is 3.68. The minimum Gasteiger partial charge on any atom is -0.494 e. The Balaban J connectivity index is 1.39. The molecule has 35 heavy (non-hydrogen) atoms. The van der Waals surface area contributed by atoms with Gasteiger partial charge in [-0.2, -0.15) is 0 Å². The Labute approximate surface area is 212 Å². The van der Waals surface area contributed by atoms with Gasteiger partial charge >= 0.3 is 12.1 Å². The van der Waals surface area contributed by atoms with Gasteiger partial charge in [-0.05, 0) is 37.6 Å². The number of thiazole rings is 1. The fourth-order valence-electron chi connectivity index (χ4n) is 2.70. The molecule has 0 aliphatic heterocycles. The van der Waals surface area contributed by atoms with E-state index in [1.807, 2.05) is 0 Å². The van der Waals surface area contributed by atoms with Gasteiger partial charge in [0.1, 0.15) is 17.3 Å². The van der Waals surface area contributed by atoms with Crippen LogP contribution in [0, 0.1) is 0 Å². The summed E-state index contributed by atoms with van der Waals surface area (Å²) in [7, 11) is 0. The van der Waals surface area contributed by atoms with E-state index in [0.717, 1.165) is 9.97 Å². The summed E-state index contributed by atoms with van der Waals surface area (Å²) in [6.45, 7) is 8.75. The number of nitrogens with zero attached hydrogens (tertiary/aromatic N) is 2. The van der Waals surface area contributed by atoms with Crippen LogP contribution >= 0.6 is 23.1 Å². The number of hydrogen-bond donors (Lipinski definition) is 1. The number of anilines is 1. The van der Waals surface area contributed by atoms with Crippen LogP contribution in [0.25, 0.3) is 0 Å². The number of carbonyl (C=O) groups excluding carboxylic acids is 2. The van der Waals surface area contributed by atoms with Crippen molar-refractivity contribution >= 4 is 40.3 Å². The highest BCUT2D eigenvalue weighted by Crippen LogP contribution is 2.32. The number of amides is 1. The van der Waals surface area contributed by atoms with E-state index in [1.165, 1.54) is 23.1 Å². The lowest BCUT2D eigenvalue weighted by molar-refractivity contribution is -0.143. The molecule has 2 aromatic heterocycles. The molecule has 0 aliphatic carbocycles. The normalized spacial score (nSPS) is 11.2. The van der Waals surface area contributed by atoms with E-state index >= 15 is 0 Å². The lowest BCUT2D eigenvalue weighted by atomic mass is 9.94. The zero-order valence-electron chi connectivity index (χ0n) is 20.2. The zero-order chi connectivity index (χ0) is 25.3. The molecule has 3 aromatic rings. The van der Waals surface area contributed by atoms with Crippen molar-refractivity contribution in [1.29, 1.82) is 0 Å². The maximum absolute atomic E-state index is 12.2. The summed E-state index contributed by atoms with van der Waals surface area (Å²) in [5.74, 6) is 2.81. The van der Waals surface area contributed by atoms with E-state index in [2.05, 4.69) is 36.1 Å². The number of esters is 1. The molecular weight excluding hydrogens is 490 g/mol. The maximum atomic E-state index is 12.2. The monoisotopic (exact) mass is 519 g/mol. The van der Waals surface area contributed by atoms with Crippen LogP contribution in [0.15, 0.2) is 45.3 Å². The molecule has 0 saturated carbocycles. The molecule has 2 heterocycles. The number of carbonyl (C=O) groups is 2. The first kappa shape index (κ1) is 26.6. The summed E-state index contributed by atoms with van der Waals surface area (Å²) < 4.78 is 22.5. The minimum absolute atomic E-state index is 0.0867. The van der Waals surface area contributed by atoms with Crippen LogP contribution in [-0.2, 0) is 20.7 Å². The quantitative estimate of drug-likeness (QED) is 0.184. The molecule has 1 N–H and O–H groups in total. The average molecular weight is 520 g/mol. The smallest absolute Gasteiger partial charge is 0.418 e. The lowest BCUT2D eigenvalue weighted by Crippen LogP contribution is -2.16. The van der Waals surface area contributed by atoms with Crippen molar-refractivity contribution in [3.63, 3.8) is 0 Å². The number of thioether (sulfide) groups is 1. The zero-order valence-corrected chi connectivity index (χ0v) is 21.8. The standard InChI is InChI=1S/C24H29N3O6S2/c1-5-30-20(28)7-6-12-31-16-8-10-17(11-9-16)32-23(29)27-22-26-14-21(35-22)34-15-19-25-13-18(33-19)24(2,3)4/h8-11,13-14H,5-7,12,15H2,1-4H3,(H,26,27,29). The van der Waals surface area contributed by atoms with Crippen LogP contribution in [0.3, 0.4) is 0 Å². The van der Waals surface area contributed by atoms with Gasteiger partial charge in [0.2, 0.25) is 5.89 Å². The molecule has 0 saturated heterocycles. The molecule has 0 aliphatic rings. The van der Waals surface area contributed by atoms with E-state index in [9.17, 15) is 9.59 Å². The molecule has 1 aromatic carbocycles. The molecule has 0 fully saturated rings. The molecule has 9 nitrogen and oxygen atoms in total. The predicted octanol–water partition coefficient (Wildman–Crippen LogP) is 6.05. The Kier molecular flexibility index (Phi) is 9.55. The first-order valence-corrected chi connectivity index (χ1v) is 12.9. The van der Waals surface area contributed by atoms with E-state index in [4.69, 9.17) is 18.6 Å². The van der Waals surface area contributed by atoms with E-state index < -0.39 is 6.09 Å². The van der Waals surface area contributed by atoms with E-state index in [-0.39, 0.29) is 11.4 Å². The van der Waals surface area contributed by atoms with Crippen LogP contribution < -0.4 is 14.8 Å². The largest absolute Gasteiger partial charge is 0.494 e. The summed E-state index contributed by atoms with van der Waals surface area (Å²) in [4.78, 5) is 32.1. The minimum atomic E-state index is -0.637. The van der Waals surface area contributed by atoms with Gasteiger partial charge in [-0.3, -0.25) is 10.1 Å². The first-order valence-electron chi connectivity index (χ1n) is 11.1. The van der Waals surface area contributed by atoms with Crippen molar-refractivity contribution in [2.24, 2.45) is 0 Å². The number of aromatic nitrogens is 2. The highest BCUT2D eigenvalue weighted by Gasteiger charge is 2.19. The van der Waals surface area contributed by atoms with Crippen molar-refractivity contribution in [3.8, 4) is 11.5 Å². The van der Waals surface area contributed by atoms with Gasteiger partial charge in [0.05, 0.1) is 35.6 Å². The summed E-state index contributed by atoms with van der Waals surface area (Å²) >= 11 is 2.87. The second-order valence-corrected chi connectivity index (χ2v) is 10.7.